The summed E-state index contributed by atoms with van der Waals surface area (Å²) in [5.41, 5.74) is 4.00. The van der Waals surface area contributed by atoms with Crippen LogP contribution in [-0.2, 0) is 4.79 Å². The molecule has 0 aliphatic rings. The lowest BCUT2D eigenvalue weighted by atomic mass is 10.2. The van der Waals surface area contributed by atoms with Crippen LogP contribution in [0.2, 0.25) is 0 Å². The number of hydrogen-bond donors (Lipinski definition) is 2. The molecule has 0 fully saturated rings. The van der Waals surface area contributed by atoms with Crippen molar-refractivity contribution in [3.05, 3.63) is 71.9 Å². The van der Waals surface area contributed by atoms with Crippen LogP contribution in [-0.4, -0.2) is 22.9 Å². The number of anilines is 1. The molecule has 0 aliphatic heterocycles. The molecule has 0 saturated carbocycles. The van der Waals surface area contributed by atoms with Crippen molar-refractivity contribution < 1.29 is 14.0 Å². The molecule has 2 aromatic heterocycles. The molecule has 2 heterocycles. The van der Waals surface area contributed by atoms with E-state index in [9.17, 15) is 9.59 Å². The van der Waals surface area contributed by atoms with Gasteiger partial charge in [-0.05, 0) is 62.4 Å². The van der Waals surface area contributed by atoms with Gasteiger partial charge >= 0.3 is 0 Å². The highest BCUT2D eigenvalue weighted by molar-refractivity contribution is 5.98. The molecule has 0 aliphatic carbocycles. The summed E-state index contributed by atoms with van der Waals surface area (Å²) in [7, 11) is 0. The molecule has 0 bridgehead atoms. The second-order valence-electron chi connectivity index (χ2n) is 5.71. The van der Waals surface area contributed by atoms with Crippen LogP contribution < -0.4 is 10.6 Å². The summed E-state index contributed by atoms with van der Waals surface area (Å²) in [4.78, 5) is 23.7. The van der Waals surface area contributed by atoms with Crippen LogP contribution in [0.25, 0.3) is 5.69 Å². The second kappa shape index (κ2) is 7.09. The van der Waals surface area contributed by atoms with Crippen LogP contribution in [0.5, 0.6) is 0 Å². The molecule has 6 heteroatoms. The molecule has 0 spiro atoms. The first kappa shape index (κ1) is 16.6. The standard InChI is InChI=1S/C19H19N3O3/c1-13-5-6-14(2)22(13)16-9-7-15(8-10-16)21-18(23)12-20-19(24)17-4-3-11-25-17/h3-11H,12H2,1-2H3,(H,20,24)(H,21,23). The van der Waals surface area contributed by atoms with Gasteiger partial charge in [0.15, 0.2) is 5.76 Å². The molecule has 2 amide bonds. The van der Waals surface area contributed by atoms with Gasteiger partial charge in [-0.15, -0.1) is 0 Å². The van der Waals surface area contributed by atoms with Gasteiger partial charge in [0.1, 0.15) is 0 Å². The molecule has 2 N–H and O–H groups in total. The van der Waals surface area contributed by atoms with Crippen LogP contribution in [0.3, 0.4) is 0 Å². The second-order valence-corrected chi connectivity index (χ2v) is 5.71. The number of rotatable bonds is 5. The van der Waals surface area contributed by atoms with E-state index in [1.165, 1.54) is 12.3 Å². The molecule has 0 atom stereocenters. The fourth-order valence-corrected chi connectivity index (χ4v) is 2.63. The van der Waals surface area contributed by atoms with E-state index in [2.05, 4.69) is 27.3 Å². The van der Waals surface area contributed by atoms with E-state index in [0.717, 1.165) is 17.1 Å². The van der Waals surface area contributed by atoms with Crippen molar-refractivity contribution in [3.63, 3.8) is 0 Å². The van der Waals surface area contributed by atoms with Gasteiger partial charge in [0.05, 0.1) is 12.8 Å². The van der Waals surface area contributed by atoms with E-state index in [4.69, 9.17) is 4.42 Å². The number of hydrogen-bond acceptors (Lipinski definition) is 3. The van der Waals surface area contributed by atoms with Gasteiger partial charge in [-0.1, -0.05) is 0 Å². The van der Waals surface area contributed by atoms with E-state index in [-0.39, 0.29) is 18.2 Å². The highest BCUT2D eigenvalue weighted by Gasteiger charge is 2.10. The SMILES string of the molecule is Cc1ccc(C)n1-c1ccc(NC(=O)CNC(=O)c2ccco2)cc1. The third-order valence-corrected chi connectivity index (χ3v) is 3.83. The molecule has 6 nitrogen and oxygen atoms in total. The van der Waals surface area contributed by atoms with E-state index in [1.54, 1.807) is 6.07 Å². The molecule has 0 unspecified atom stereocenters. The highest BCUT2D eigenvalue weighted by Crippen LogP contribution is 2.18. The Labute approximate surface area is 145 Å². The summed E-state index contributed by atoms with van der Waals surface area (Å²) in [6.45, 7) is 3.96. The summed E-state index contributed by atoms with van der Waals surface area (Å²) in [6.07, 6.45) is 1.41. The third-order valence-electron chi connectivity index (χ3n) is 3.83. The third kappa shape index (κ3) is 3.80. The molecule has 3 rings (SSSR count). The average Bonchev–Trinajstić information content (AvgIpc) is 3.24. The molecular formula is C19H19N3O3. The first-order valence-corrected chi connectivity index (χ1v) is 7.91. The quantitative estimate of drug-likeness (QED) is 0.751. The van der Waals surface area contributed by atoms with Crippen LogP contribution in [0, 0.1) is 13.8 Å². The fourth-order valence-electron chi connectivity index (χ4n) is 2.63. The van der Waals surface area contributed by atoms with Gasteiger partial charge < -0.3 is 19.6 Å². The summed E-state index contributed by atoms with van der Waals surface area (Å²) in [5.74, 6) is -0.551. The normalized spacial score (nSPS) is 10.5. The van der Waals surface area contributed by atoms with Gasteiger partial charge in [-0.3, -0.25) is 9.59 Å². The number of carbonyl (C=O) groups is 2. The van der Waals surface area contributed by atoms with E-state index in [1.807, 2.05) is 38.1 Å². The lowest BCUT2D eigenvalue weighted by Gasteiger charge is -2.11. The van der Waals surface area contributed by atoms with E-state index >= 15 is 0 Å². The molecule has 25 heavy (non-hydrogen) atoms. The number of carbonyl (C=O) groups excluding carboxylic acids is 2. The van der Waals surface area contributed by atoms with Crippen molar-refractivity contribution in [1.82, 2.24) is 9.88 Å². The minimum Gasteiger partial charge on any atom is -0.459 e. The Hall–Kier alpha value is -3.28. The van der Waals surface area contributed by atoms with Crippen molar-refractivity contribution in [1.29, 1.82) is 0 Å². The smallest absolute Gasteiger partial charge is 0.287 e. The van der Waals surface area contributed by atoms with E-state index < -0.39 is 5.91 Å². The maximum Gasteiger partial charge on any atom is 0.287 e. The lowest BCUT2D eigenvalue weighted by Crippen LogP contribution is -2.32. The van der Waals surface area contributed by atoms with Gasteiger partial charge in [-0.2, -0.15) is 0 Å². The molecule has 0 saturated heterocycles. The number of nitrogens with zero attached hydrogens (tertiary/aromatic N) is 1. The van der Waals surface area contributed by atoms with Gasteiger partial charge in [0.2, 0.25) is 5.91 Å². The summed E-state index contributed by atoms with van der Waals surface area (Å²) >= 11 is 0. The average molecular weight is 337 g/mol. The predicted molar refractivity (Wildman–Crippen MR) is 94.9 cm³/mol. The minimum atomic E-state index is -0.422. The Morgan fingerprint density at radius 3 is 2.28 bits per heavy atom. The summed E-state index contributed by atoms with van der Waals surface area (Å²) in [6, 6.07) is 14.8. The number of benzene rings is 1. The predicted octanol–water partition coefficient (Wildman–Crippen LogP) is 3.06. The van der Waals surface area contributed by atoms with Crippen LogP contribution in [0.4, 0.5) is 5.69 Å². The van der Waals surface area contributed by atoms with Crippen LogP contribution in [0.15, 0.2) is 59.2 Å². The van der Waals surface area contributed by atoms with Gasteiger partial charge in [-0.25, -0.2) is 0 Å². The zero-order valence-electron chi connectivity index (χ0n) is 14.1. The lowest BCUT2D eigenvalue weighted by molar-refractivity contribution is -0.115. The number of amides is 2. The van der Waals surface area contributed by atoms with Crippen molar-refractivity contribution >= 4 is 17.5 Å². The van der Waals surface area contributed by atoms with Gasteiger partial charge in [0, 0.05) is 22.8 Å². The zero-order valence-corrected chi connectivity index (χ0v) is 14.1. The maximum absolute atomic E-state index is 11.9. The minimum absolute atomic E-state index is 0.128. The first-order valence-electron chi connectivity index (χ1n) is 7.91. The number of aromatic nitrogens is 1. The number of aryl methyl sites for hydroxylation is 2. The maximum atomic E-state index is 11.9. The number of nitrogens with one attached hydrogen (secondary N) is 2. The van der Waals surface area contributed by atoms with Crippen molar-refractivity contribution in [3.8, 4) is 5.69 Å². The monoisotopic (exact) mass is 337 g/mol. The van der Waals surface area contributed by atoms with Crippen molar-refractivity contribution in [2.45, 2.75) is 13.8 Å². The van der Waals surface area contributed by atoms with E-state index in [0.29, 0.717) is 5.69 Å². The molecule has 3 aromatic rings. The molecule has 0 radical (unpaired) electrons. The van der Waals surface area contributed by atoms with Crippen LogP contribution >= 0.6 is 0 Å². The molecule has 1 aromatic carbocycles. The topological polar surface area (TPSA) is 76.3 Å². The summed E-state index contributed by atoms with van der Waals surface area (Å²) < 4.78 is 7.10. The number of furan rings is 1. The Bertz CT molecular complexity index is 858. The van der Waals surface area contributed by atoms with Crippen molar-refractivity contribution in [2.24, 2.45) is 0 Å². The Morgan fingerprint density at radius 2 is 1.68 bits per heavy atom. The Kier molecular flexibility index (Phi) is 4.70. The fraction of sp³-hybridized carbons (Fsp3) is 0.158. The van der Waals surface area contributed by atoms with Gasteiger partial charge in [0.25, 0.3) is 5.91 Å². The van der Waals surface area contributed by atoms with Crippen molar-refractivity contribution in [2.75, 3.05) is 11.9 Å². The highest BCUT2D eigenvalue weighted by atomic mass is 16.3. The molecule has 128 valence electrons. The first-order chi connectivity index (χ1) is 12.0. The summed E-state index contributed by atoms with van der Waals surface area (Å²) in [5, 5.41) is 5.26. The largest absolute Gasteiger partial charge is 0.459 e. The molecular weight excluding hydrogens is 318 g/mol. The zero-order chi connectivity index (χ0) is 17.8. The Morgan fingerprint density at radius 1 is 1.00 bits per heavy atom. The van der Waals surface area contributed by atoms with Crippen LogP contribution in [0.1, 0.15) is 21.9 Å². The Balaban J connectivity index is 1.58.